The number of pyridine rings is 1. The van der Waals surface area contributed by atoms with Gasteiger partial charge in [-0.25, -0.2) is 4.98 Å². The minimum absolute atomic E-state index is 0.263. The first-order valence-corrected chi connectivity index (χ1v) is 10.7. The number of aliphatic imine (C=N–C) groups is 1. The molecular formula is C23H30N6O. The van der Waals surface area contributed by atoms with E-state index in [1.807, 2.05) is 36.3 Å². The average molecular weight is 407 g/mol. The molecule has 0 unspecified atom stereocenters. The fourth-order valence-corrected chi connectivity index (χ4v) is 4.16. The molecular weight excluding hydrogens is 376 g/mol. The summed E-state index contributed by atoms with van der Waals surface area (Å²) in [5, 5.41) is 3.52. The number of rotatable bonds is 5. The van der Waals surface area contributed by atoms with E-state index in [0.29, 0.717) is 19.5 Å². The van der Waals surface area contributed by atoms with Crippen LogP contribution in [0.2, 0.25) is 0 Å². The van der Waals surface area contributed by atoms with Crippen molar-refractivity contribution in [3.8, 4) is 0 Å². The predicted octanol–water partition coefficient (Wildman–Crippen LogP) is 2.10. The Bertz CT molecular complexity index is 876. The number of piperazine rings is 1. The molecule has 2 aliphatic heterocycles. The number of hydrogen-bond acceptors (Lipinski definition) is 4. The lowest BCUT2D eigenvalue weighted by atomic mass is 10.1. The minimum Gasteiger partial charge on any atom is -0.353 e. The van der Waals surface area contributed by atoms with Crippen LogP contribution in [0.25, 0.3) is 0 Å². The van der Waals surface area contributed by atoms with Crippen molar-refractivity contribution in [2.75, 3.05) is 44.7 Å². The fourth-order valence-electron chi connectivity index (χ4n) is 4.16. The molecule has 1 N–H and O–H groups in total. The Morgan fingerprint density at radius 2 is 1.80 bits per heavy atom. The number of likely N-dealkylation sites (tertiary alicyclic amines) is 1. The van der Waals surface area contributed by atoms with Crippen LogP contribution < -0.4 is 10.2 Å². The molecule has 0 bridgehead atoms. The third-order valence-corrected chi connectivity index (χ3v) is 5.85. The van der Waals surface area contributed by atoms with E-state index in [1.54, 1.807) is 0 Å². The van der Waals surface area contributed by atoms with Crippen molar-refractivity contribution in [1.29, 1.82) is 0 Å². The first kappa shape index (κ1) is 20.2. The summed E-state index contributed by atoms with van der Waals surface area (Å²) in [7, 11) is 1.84. The molecule has 0 saturated carbocycles. The molecule has 158 valence electrons. The molecule has 1 aromatic heterocycles. The van der Waals surface area contributed by atoms with Crippen LogP contribution in [0.5, 0.6) is 0 Å². The second-order valence-electron chi connectivity index (χ2n) is 7.75. The number of anilines is 1. The van der Waals surface area contributed by atoms with E-state index in [-0.39, 0.29) is 5.91 Å². The van der Waals surface area contributed by atoms with Crippen molar-refractivity contribution in [3.05, 3.63) is 59.8 Å². The lowest BCUT2D eigenvalue weighted by Crippen LogP contribution is -2.52. The zero-order valence-corrected chi connectivity index (χ0v) is 17.6. The molecule has 3 heterocycles. The topological polar surface area (TPSA) is 64.1 Å². The van der Waals surface area contributed by atoms with Crippen molar-refractivity contribution in [2.45, 2.75) is 25.9 Å². The zero-order valence-electron chi connectivity index (χ0n) is 17.6. The third kappa shape index (κ3) is 4.72. The van der Waals surface area contributed by atoms with E-state index in [1.165, 1.54) is 11.1 Å². The van der Waals surface area contributed by atoms with Crippen molar-refractivity contribution in [3.63, 3.8) is 0 Å². The van der Waals surface area contributed by atoms with E-state index in [0.717, 1.165) is 50.9 Å². The van der Waals surface area contributed by atoms with Gasteiger partial charge in [-0.1, -0.05) is 30.3 Å². The van der Waals surface area contributed by atoms with Gasteiger partial charge in [0, 0.05) is 65.5 Å². The minimum atomic E-state index is 0.263. The summed E-state index contributed by atoms with van der Waals surface area (Å²) in [6.07, 6.45) is 3.49. The van der Waals surface area contributed by atoms with Gasteiger partial charge in [0.25, 0.3) is 0 Å². The van der Waals surface area contributed by atoms with Gasteiger partial charge in [-0.3, -0.25) is 9.79 Å². The third-order valence-electron chi connectivity index (χ3n) is 5.85. The largest absolute Gasteiger partial charge is 0.353 e. The number of hydrogen-bond donors (Lipinski definition) is 1. The number of nitrogens with one attached hydrogen (secondary N) is 1. The molecule has 2 fully saturated rings. The van der Waals surface area contributed by atoms with Gasteiger partial charge in [-0.15, -0.1) is 0 Å². The van der Waals surface area contributed by atoms with Gasteiger partial charge in [-0.05, 0) is 29.7 Å². The van der Waals surface area contributed by atoms with Gasteiger partial charge < -0.3 is 20.0 Å². The van der Waals surface area contributed by atoms with Crippen molar-refractivity contribution >= 4 is 17.7 Å². The van der Waals surface area contributed by atoms with Crippen LogP contribution >= 0.6 is 0 Å². The van der Waals surface area contributed by atoms with Crippen molar-refractivity contribution in [1.82, 2.24) is 20.1 Å². The molecule has 4 rings (SSSR count). The highest BCUT2D eigenvalue weighted by Gasteiger charge is 2.22. The highest BCUT2D eigenvalue weighted by molar-refractivity contribution is 5.80. The molecule has 0 radical (unpaired) electrons. The van der Waals surface area contributed by atoms with E-state index in [4.69, 9.17) is 0 Å². The molecule has 7 nitrogen and oxygen atoms in total. The van der Waals surface area contributed by atoms with Crippen LogP contribution in [0.3, 0.4) is 0 Å². The molecule has 2 saturated heterocycles. The Kier molecular flexibility index (Phi) is 6.47. The summed E-state index contributed by atoms with van der Waals surface area (Å²) < 4.78 is 0. The smallest absolute Gasteiger partial charge is 0.222 e. The molecule has 30 heavy (non-hydrogen) atoms. The van der Waals surface area contributed by atoms with Crippen LogP contribution in [-0.2, 0) is 17.9 Å². The summed E-state index contributed by atoms with van der Waals surface area (Å²) in [5.41, 5.74) is 2.42. The van der Waals surface area contributed by atoms with Crippen LogP contribution in [0.15, 0.2) is 53.7 Å². The summed E-state index contributed by atoms with van der Waals surface area (Å²) in [5.74, 6) is 2.22. The Morgan fingerprint density at radius 1 is 1.03 bits per heavy atom. The normalized spacial score (nSPS) is 17.6. The Balaban J connectivity index is 1.34. The lowest BCUT2D eigenvalue weighted by molar-refractivity contribution is -0.128. The average Bonchev–Trinajstić information content (AvgIpc) is 3.20. The second kappa shape index (κ2) is 9.61. The molecule has 0 atom stereocenters. The number of amides is 1. The van der Waals surface area contributed by atoms with Gasteiger partial charge in [0.15, 0.2) is 5.96 Å². The number of carbonyl (C=O) groups is 1. The molecule has 1 amide bonds. The number of benzene rings is 1. The molecule has 0 spiro atoms. The van der Waals surface area contributed by atoms with Crippen LogP contribution in [0, 0.1) is 0 Å². The number of nitrogens with zero attached hydrogens (tertiary/aromatic N) is 5. The van der Waals surface area contributed by atoms with Crippen LogP contribution in [-0.4, -0.2) is 66.4 Å². The molecule has 1 aromatic carbocycles. The van der Waals surface area contributed by atoms with E-state index >= 15 is 0 Å². The Morgan fingerprint density at radius 3 is 2.47 bits per heavy atom. The van der Waals surface area contributed by atoms with Gasteiger partial charge in [0.1, 0.15) is 5.82 Å². The lowest BCUT2D eigenvalue weighted by Gasteiger charge is -2.37. The Labute approximate surface area is 178 Å². The maximum absolute atomic E-state index is 12.0. The van der Waals surface area contributed by atoms with Crippen molar-refractivity contribution < 1.29 is 4.79 Å². The van der Waals surface area contributed by atoms with Gasteiger partial charge >= 0.3 is 0 Å². The summed E-state index contributed by atoms with van der Waals surface area (Å²) >= 11 is 0. The number of carbonyl (C=O) groups excluding carboxylic acids is 1. The van der Waals surface area contributed by atoms with Crippen LogP contribution in [0.4, 0.5) is 5.82 Å². The fraction of sp³-hybridized carbons (Fsp3) is 0.435. The van der Waals surface area contributed by atoms with Crippen LogP contribution in [0.1, 0.15) is 24.0 Å². The summed E-state index contributed by atoms with van der Waals surface area (Å²) in [6.45, 7) is 5.91. The Hall–Kier alpha value is -3.09. The van der Waals surface area contributed by atoms with Crippen molar-refractivity contribution in [2.24, 2.45) is 4.99 Å². The first-order chi connectivity index (χ1) is 14.7. The van der Waals surface area contributed by atoms with Gasteiger partial charge in [0.05, 0.1) is 0 Å². The first-order valence-electron chi connectivity index (χ1n) is 10.7. The number of aromatic nitrogens is 1. The molecule has 2 aliphatic rings. The monoisotopic (exact) mass is 406 g/mol. The van der Waals surface area contributed by atoms with Gasteiger partial charge in [0.2, 0.25) is 5.91 Å². The number of guanidine groups is 1. The van der Waals surface area contributed by atoms with E-state index in [9.17, 15) is 4.79 Å². The highest BCUT2D eigenvalue weighted by atomic mass is 16.2. The zero-order chi connectivity index (χ0) is 20.8. The SMILES string of the molecule is CN=C(NCc1ccccc1CN1CCCC1=O)N1CCN(c2ccccn2)CC1. The molecule has 2 aromatic rings. The molecule has 0 aliphatic carbocycles. The quantitative estimate of drug-likeness (QED) is 0.609. The standard InChI is InChI=1S/C23H30N6O/c1-24-23(28-15-13-27(14-16-28)21-9-4-5-11-25-21)26-17-19-7-2-3-8-20(19)18-29-12-6-10-22(29)30/h2-5,7-9,11H,6,10,12-18H2,1H3,(H,24,26). The van der Waals surface area contributed by atoms with E-state index in [2.05, 4.69) is 49.4 Å². The maximum Gasteiger partial charge on any atom is 0.222 e. The molecule has 7 heteroatoms. The maximum atomic E-state index is 12.0. The summed E-state index contributed by atoms with van der Waals surface area (Å²) in [6, 6.07) is 14.4. The van der Waals surface area contributed by atoms with E-state index < -0.39 is 0 Å². The highest BCUT2D eigenvalue weighted by Crippen LogP contribution is 2.17. The predicted molar refractivity (Wildman–Crippen MR) is 119 cm³/mol. The summed E-state index contributed by atoms with van der Waals surface area (Å²) in [4.78, 5) is 27.5. The second-order valence-corrected chi connectivity index (χ2v) is 7.75. The van der Waals surface area contributed by atoms with Gasteiger partial charge in [-0.2, -0.15) is 0 Å².